The quantitative estimate of drug-likeness (QED) is 0.792. The largest absolute Gasteiger partial charge is 0.472 e. The minimum Gasteiger partial charge on any atom is -0.472 e. The van der Waals surface area contributed by atoms with Crippen molar-refractivity contribution in [1.82, 2.24) is 5.32 Å². The molecule has 2 atom stereocenters. The third-order valence-electron chi connectivity index (χ3n) is 2.94. The molecule has 0 radical (unpaired) electrons. The fourth-order valence-electron chi connectivity index (χ4n) is 2.12. The summed E-state index contributed by atoms with van der Waals surface area (Å²) in [6.45, 7) is 8.44. The molecule has 1 aliphatic heterocycles. The molecule has 3 nitrogen and oxygen atoms in total. The molecule has 3 heteroatoms. The molecule has 16 heavy (non-hydrogen) atoms. The molecule has 0 unspecified atom stereocenters. The van der Waals surface area contributed by atoms with Gasteiger partial charge < -0.3 is 14.5 Å². The molecule has 1 saturated heterocycles. The van der Waals surface area contributed by atoms with Gasteiger partial charge in [0.25, 0.3) is 0 Å². The lowest BCUT2D eigenvalue weighted by molar-refractivity contribution is 0.0355. The summed E-state index contributed by atoms with van der Waals surface area (Å²) in [5, 5.41) is 3.37. The molecule has 0 saturated carbocycles. The van der Waals surface area contributed by atoms with E-state index in [4.69, 9.17) is 9.15 Å². The maximum atomic E-state index is 5.88. The van der Waals surface area contributed by atoms with Gasteiger partial charge in [0, 0.05) is 12.5 Å². The molecule has 1 fully saturated rings. The van der Waals surface area contributed by atoms with Gasteiger partial charge in [-0.2, -0.15) is 0 Å². The van der Waals surface area contributed by atoms with Crippen LogP contribution in [0.5, 0.6) is 0 Å². The average Bonchev–Trinajstić information content (AvgIpc) is 2.80. The van der Waals surface area contributed by atoms with E-state index in [0.717, 1.165) is 25.1 Å². The molecule has 0 spiro atoms. The number of rotatable bonds is 4. The number of ether oxygens (including phenoxy) is 1. The fourth-order valence-corrected chi connectivity index (χ4v) is 2.12. The standard InChI is InChI=1S/C13H19NO2/c1-10(2)8-16-13-7-14-5-3-12(13)11-4-6-15-9-11/h4,6,9,12-14H,1,3,5,7-8H2,2H3/t12-,13-/m1/s1. The second-order valence-electron chi connectivity index (χ2n) is 4.46. The normalized spacial score (nSPS) is 25.6. The molecule has 88 valence electrons. The highest BCUT2D eigenvalue weighted by Gasteiger charge is 2.27. The van der Waals surface area contributed by atoms with Crippen LogP contribution in [0.3, 0.4) is 0 Å². The van der Waals surface area contributed by atoms with Crippen LogP contribution < -0.4 is 5.32 Å². The highest BCUT2D eigenvalue weighted by molar-refractivity contribution is 5.16. The summed E-state index contributed by atoms with van der Waals surface area (Å²) in [6, 6.07) is 2.03. The van der Waals surface area contributed by atoms with Crippen LogP contribution in [0.1, 0.15) is 24.8 Å². The van der Waals surface area contributed by atoms with E-state index in [1.165, 1.54) is 5.56 Å². The molecule has 1 N–H and O–H groups in total. The summed E-state index contributed by atoms with van der Waals surface area (Å²) in [6.07, 6.45) is 4.88. The van der Waals surface area contributed by atoms with Gasteiger partial charge in [0.2, 0.25) is 0 Å². The molecule has 1 aromatic rings. The summed E-state index contributed by atoms with van der Waals surface area (Å²) in [5.41, 5.74) is 2.31. The van der Waals surface area contributed by atoms with Gasteiger partial charge in [-0.3, -0.25) is 0 Å². The third-order valence-corrected chi connectivity index (χ3v) is 2.94. The number of piperidine rings is 1. The first-order valence-electron chi connectivity index (χ1n) is 5.76. The Bertz CT molecular complexity index is 332. The van der Waals surface area contributed by atoms with Crippen LogP contribution in [-0.2, 0) is 4.74 Å². The Balaban J connectivity index is 2.00. The Kier molecular flexibility index (Phi) is 3.80. The van der Waals surface area contributed by atoms with Gasteiger partial charge in [-0.15, -0.1) is 0 Å². The highest BCUT2D eigenvalue weighted by atomic mass is 16.5. The molecular formula is C13H19NO2. The fraction of sp³-hybridized carbons (Fsp3) is 0.538. The van der Waals surface area contributed by atoms with Crippen molar-refractivity contribution in [2.45, 2.75) is 25.4 Å². The van der Waals surface area contributed by atoms with Gasteiger partial charge in [0.05, 0.1) is 25.2 Å². The van der Waals surface area contributed by atoms with Crippen molar-refractivity contribution in [1.29, 1.82) is 0 Å². The van der Waals surface area contributed by atoms with E-state index in [-0.39, 0.29) is 6.10 Å². The second-order valence-corrected chi connectivity index (χ2v) is 4.46. The lowest BCUT2D eigenvalue weighted by Gasteiger charge is -2.31. The van der Waals surface area contributed by atoms with Crippen molar-refractivity contribution < 1.29 is 9.15 Å². The van der Waals surface area contributed by atoms with Crippen molar-refractivity contribution in [3.63, 3.8) is 0 Å². The van der Waals surface area contributed by atoms with Gasteiger partial charge in [0.15, 0.2) is 0 Å². The molecule has 0 amide bonds. The smallest absolute Gasteiger partial charge is 0.0938 e. The maximum Gasteiger partial charge on any atom is 0.0938 e. The molecule has 1 aliphatic rings. The number of furan rings is 1. The molecule has 2 heterocycles. The van der Waals surface area contributed by atoms with Crippen LogP contribution in [0.4, 0.5) is 0 Å². The SMILES string of the molecule is C=C(C)CO[C@@H]1CNCC[C@@H]1c1ccoc1. The van der Waals surface area contributed by atoms with Crippen LogP contribution in [0.25, 0.3) is 0 Å². The molecule has 0 bridgehead atoms. The Morgan fingerprint density at radius 3 is 3.25 bits per heavy atom. The summed E-state index contributed by atoms with van der Waals surface area (Å²) < 4.78 is 11.0. The summed E-state index contributed by atoms with van der Waals surface area (Å²) in [7, 11) is 0. The minimum atomic E-state index is 0.225. The molecular weight excluding hydrogens is 202 g/mol. The first-order valence-corrected chi connectivity index (χ1v) is 5.76. The first-order chi connectivity index (χ1) is 7.77. The average molecular weight is 221 g/mol. The van der Waals surface area contributed by atoms with Gasteiger partial charge >= 0.3 is 0 Å². The second kappa shape index (κ2) is 5.32. The zero-order valence-corrected chi connectivity index (χ0v) is 9.74. The predicted molar refractivity (Wildman–Crippen MR) is 63.5 cm³/mol. The summed E-state index contributed by atoms with van der Waals surface area (Å²) >= 11 is 0. The third kappa shape index (κ3) is 2.74. The van der Waals surface area contributed by atoms with Crippen LogP contribution in [0.15, 0.2) is 35.2 Å². The molecule has 1 aromatic heterocycles. The predicted octanol–water partition coefficient (Wildman–Crippen LogP) is 2.32. The van der Waals surface area contributed by atoms with Crippen molar-refractivity contribution in [3.8, 4) is 0 Å². The van der Waals surface area contributed by atoms with Crippen LogP contribution in [0, 0.1) is 0 Å². The lowest BCUT2D eigenvalue weighted by Crippen LogP contribution is -2.41. The van der Waals surface area contributed by atoms with Crippen molar-refractivity contribution in [3.05, 3.63) is 36.3 Å². The number of hydrogen-bond acceptors (Lipinski definition) is 3. The van der Waals surface area contributed by atoms with Crippen LogP contribution in [-0.4, -0.2) is 25.8 Å². The van der Waals surface area contributed by atoms with E-state index in [1.807, 2.05) is 19.3 Å². The summed E-state index contributed by atoms with van der Waals surface area (Å²) in [4.78, 5) is 0. The van der Waals surface area contributed by atoms with Gasteiger partial charge in [-0.25, -0.2) is 0 Å². The first kappa shape index (κ1) is 11.4. The topological polar surface area (TPSA) is 34.4 Å². The van der Waals surface area contributed by atoms with Crippen LogP contribution >= 0.6 is 0 Å². The Labute approximate surface area is 96.5 Å². The lowest BCUT2D eigenvalue weighted by atomic mass is 9.89. The van der Waals surface area contributed by atoms with Crippen molar-refractivity contribution in [2.75, 3.05) is 19.7 Å². The maximum absolute atomic E-state index is 5.88. The summed E-state index contributed by atoms with van der Waals surface area (Å²) in [5.74, 6) is 0.444. The van der Waals surface area contributed by atoms with E-state index in [2.05, 4.69) is 11.9 Å². The van der Waals surface area contributed by atoms with E-state index in [1.54, 1.807) is 6.26 Å². The van der Waals surface area contributed by atoms with Crippen molar-refractivity contribution in [2.24, 2.45) is 0 Å². The zero-order chi connectivity index (χ0) is 11.4. The van der Waals surface area contributed by atoms with Gasteiger partial charge in [-0.1, -0.05) is 12.2 Å². The van der Waals surface area contributed by atoms with E-state index in [0.29, 0.717) is 12.5 Å². The molecule has 2 rings (SSSR count). The number of nitrogens with one attached hydrogen (secondary N) is 1. The number of hydrogen-bond donors (Lipinski definition) is 1. The highest BCUT2D eigenvalue weighted by Crippen LogP contribution is 2.28. The minimum absolute atomic E-state index is 0.225. The van der Waals surface area contributed by atoms with Gasteiger partial charge in [-0.05, 0) is 31.5 Å². The van der Waals surface area contributed by atoms with E-state index in [9.17, 15) is 0 Å². The van der Waals surface area contributed by atoms with Gasteiger partial charge in [0.1, 0.15) is 0 Å². The Morgan fingerprint density at radius 1 is 1.69 bits per heavy atom. The van der Waals surface area contributed by atoms with E-state index < -0.39 is 0 Å². The molecule has 0 aromatic carbocycles. The van der Waals surface area contributed by atoms with E-state index >= 15 is 0 Å². The van der Waals surface area contributed by atoms with Crippen molar-refractivity contribution >= 4 is 0 Å². The molecule has 0 aliphatic carbocycles. The Morgan fingerprint density at radius 2 is 2.56 bits per heavy atom. The monoisotopic (exact) mass is 221 g/mol. The Hall–Kier alpha value is -1.06. The van der Waals surface area contributed by atoms with Crippen LogP contribution in [0.2, 0.25) is 0 Å². The zero-order valence-electron chi connectivity index (χ0n) is 9.74.